The van der Waals surface area contributed by atoms with Gasteiger partial charge in [0.2, 0.25) is 5.95 Å². The van der Waals surface area contributed by atoms with Gasteiger partial charge in [0.1, 0.15) is 24.6 Å². The van der Waals surface area contributed by atoms with Crippen LogP contribution in [0, 0.1) is 0 Å². The van der Waals surface area contributed by atoms with Gasteiger partial charge in [-0.05, 0) is 105 Å². The number of halogens is 3. The topological polar surface area (TPSA) is 147 Å². The third kappa shape index (κ3) is 10.5. The first-order valence-electron chi connectivity index (χ1n) is 25.3. The molecule has 11 rings (SSSR count). The largest absolute Gasteiger partial charge is 0.448 e. The molecule has 1 aromatic heterocycles. The number of carbonyl (C=O) groups excluding carboxylic acids is 3. The van der Waals surface area contributed by atoms with E-state index in [9.17, 15) is 27.6 Å². The fourth-order valence-electron chi connectivity index (χ4n) is 10.8. The predicted octanol–water partition coefficient (Wildman–Crippen LogP) is 13.4. The summed E-state index contributed by atoms with van der Waals surface area (Å²) >= 11 is 0. The first-order chi connectivity index (χ1) is 37.5. The van der Waals surface area contributed by atoms with Crippen molar-refractivity contribution in [3.63, 3.8) is 0 Å². The number of fused-ring (bicyclic) bond motifs is 6. The lowest BCUT2D eigenvalue weighted by molar-refractivity contribution is -0.137. The van der Waals surface area contributed by atoms with Crippen LogP contribution in [0.15, 0.2) is 176 Å². The molecule has 1 unspecified atom stereocenters. The van der Waals surface area contributed by atoms with E-state index in [1.807, 2.05) is 72.8 Å². The van der Waals surface area contributed by atoms with E-state index in [1.54, 1.807) is 46.2 Å². The zero-order valence-electron chi connectivity index (χ0n) is 41.8. The van der Waals surface area contributed by atoms with Gasteiger partial charge in [0.25, 0.3) is 5.91 Å². The molecule has 8 aromatic rings. The van der Waals surface area contributed by atoms with Gasteiger partial charge >= 0.3 is 18.4 Å². The number of likely N-dealkylation sites (tertiary alicyclic amines) is 1. The van der Waals surface area contributed by atoms with Crippen molar-refractivity contribution in [3.05, 3.63) is 221 Å². The van der Waals surface area contributed by atoms with Crippen LogP contribution in [0.3, 0.4) is 0 Å². The van der Waals surface area contributed by atoms with Crippen LogP contribution in [0.1, 0.15) is 79.9 Å². The molecule has 2 aliphatic carbocycles. The normalized spacial score (nSPS) is 14.6. The Bertz CT molecular complexity index is 3410. The van der Waals surface area contributed by atoms with Crippen molar-refractivity contribution in [1.82, 2.24) is 20.3 Å². The van der Waals surface area contributed by atoms with Gasteiger partial charge in [-0.2, -0.15) is 18.2 Å². The first-order valence-corrected chi connectivity index (χ1v) is 25.3. The molecular formula is C61H52F3N7O6. The molecule has 1 saturated heterocycles. The van der Waals surface area contributed by atoms with Crippen LogP contribution in [0.25, 0.3) is 22.3 Å². The van der Waals surface area contributed by atoms with E-state index in [2.05, 4.69) is 74.6 Å². The van der Waals surface area contributed by atoms with Crippen molar-refractivity contribution >= 4 is 46.9 Å². The smallest absolute Gasteiger partial charge is 0.421 e. The van der Waals surface area contributed by atoms with Crippen molar-refractivity contribution in [2.45, 2.75) is 43.3 Å². The summed E-state index contributed by atoms with van der Waals surface area (Å²) in [6, 6.07) is 53.6. The van der Waals surface area contributed by atoms with Crippen LogP contribution in [0.2, 0.25) is 0 Å². The summed E-state index contributed by atoms with van der Waals surface area (Å²) in [5.41, 5.74) is 12.8. The average Bonchev–Trinajstić information content (AvgIpc) is 4.02. The average molecular weight is 1040 g/mol. The fraction of sp³-hybridized carbons (Fsp3) is 0.197. The molecule has 0 bridgehead atoms. The van der Waals surface area contributed by atoms with Gasteiger partial charge in [0.15, 0.2) is 0 Å². The van der Waals surface area contributed by atoms with Crippen LogP contribution >= 0.6 is 0 Å². The van der Waals surface area contributed by atoms with E-state index >= 15 is 0 Å². The molecule has 0 spiro atoms. The lowest BCUT2D eigenvalue weighted by atomic mass is 9.90. The predicted molar refractivity (Wildman–Crippen MR) is 287 cm³/mol. The highest BCUT2D eigenvalue weighted by Crippen LogP contribution is 2.46. The summed E-state index contributed by atoms with van der Waals surface area (Å²) in [7, 11) is 1.24. The Morgan fingerprint density at radius 3 is 1.88 bits per heavy atom. The van der Waals surface area contributed by atoms with E-state index < -0.39 is 29.6 Å². The Kier molecular flexibility index (Phi) is 14.1. The van der Waals surface area contributed by atoms with Crippen LogP contribution in [0.4, 0.5) is 51.6 Å². The minimum Gasteiger partial charge on any atom is -0.448 e. The Labute approximate surface area is 442 Å². The molecule has 1 atom stereocenters. The molecule has 7 aromatic carbocycles. The molecule has 3 amide bonds. The highest BCUT2D eigenvalue weighted by atomic mass is 19.4. The van der Waals surface area contributed by atoms with Crippen molar-refractivity contribution < 1.29 is 41.9 Å². The molecule has 0 radical (unpaired) electrons. The zero-order valence-corrected chi connectivity index (χ0v) is 41.8. The number of amides is 3. The lowest BCUT2D eigenvalue weighted by Crippen LogP contribution is -2.40. The summed E-state index contributed by atoms with van der Waals surface area (Å²) in [4.78, 5) is 57.4. The number of rotatable bonds is 14. The number of carbonyl (C=O) groups is 3. The van der Waals surface area contributed by atoms with E-state index in [4.69, 9.17) is 14.3 Å². The molecular weight excluding hydrogens is 984 g/mol. The number of hydrogen-bond donors (Lipinski definition) is 3. The summed E-state index contributed by atoms with van der Waals surface area (Å²) < 4.78 is 55.2. The highest BCUT2D eigenvalue weighted by Gasteiger charge is 2.37. The Morgan fingerprint density at radius 1 is 0.688 bits per heavy atom. The summed E-state index contributed by atoms with van der Waals surface area (Å²) in [6.07, 6.45) is -3.48. The molecule has 3 N–H and O–H groups in total. The van der Waals surface area contributed by atoms with Crippen molar-refractivity contribution in [1.29, 1.82) is 0 Å². The second-order valence-electron chi connectivity index (χ2n) is 19.2. The zero-order chi connectivity index (χ0) is 53.0. The van der Waals surface area contributed by atoms with Gasteiger partial charge in [-0.3, -0.25) is 14.5 Å². The van der Waals surface area contributed by atoms with Crippen LogP contribution in [-0.2, 0) is 27.0 Å². The molecule has 13 nitrogen and oxygen atoms in total. The summed E-state index contributed by atoms with van der Waals surface area (Å²) in [6.45, 7) is 1.43. The Morgan fingerprint density at radius 2 is 1.27 bits per heavy atom. The first kappa shape index (κ1) is 50.2. The second kappa shape index (κ2) is 21.7. The van der Waals surface area contributed by atoms with Crippen LogP contribution < -0.4 is 21.0 Å². The standard InChI is InChI=1S/C61H52F3N7O6/c1-75-69-57(72)51-25-10-11-26-55(51)67-56-54(61(62,63)64)33-65-58(68-56)66-41-29-27-38(28-30-41)34-71(60(74)77-37-53-49-23-8-4-19-45(49)46-20-5-9-24-50(46)53)42-16-12-14-39(32-42)40-15-13-31-70(35-40)59(73)76-36-52-47-21-6-2-17-43(47)44-18-3-7-22-48(44)52/h2-12,14,16-30,32-33,40,52-53H,13,15,31,34-37H2,1H3,(H,69,72)(H2,65,66,67,68). The van der Waals surface area contributed by atoms with Crippen molar-refractivity contribution in [2.24, 2.45) is 0 Å². The Balaban J connectivity index is 0.823. The van der Waals surface area contributed by atoms with Gasteiger partial charge in [-0.25, -0.2) is 20.1 Å². The van der Waals surface area contributed by atoms with Gasteiger partial charge in [0, 0.05) is 48.4 Å². The monoisotopic (exact) mass is 1040 g/mol. The third-order valence-electron chi connectivity index (χ3n) is 14.5. The number of anilines is 5. The molecule has 2 heterocycles. The summed E-state index contributed by atoms with van der Waals surface area (Å²) in [5, 5.41) is 5.64. The van der Waals surface area contributed by atoms with Gasteiger partial charge in [-0.15, -0.1) is 0 Å². The Hall–Kier alpha value is -9.02. The molecule has 1 aliphatic heterocycles. The molecule has 3 aliphatic rings. The number of para-hydroxylation sites is 1. The SMILES string of the molecule is CONC(=O)c1ccccc1Nc1nc(Nc2ccc(CN(C(=O)OCC3c4ccccc4-c4ccccc43)c3cccc(C4CCCN(C(=O)OCC5c6ccccc6-c6ccccc65)C4)c3)cc2)ncc1C(F)(F)F. The molecule has 77 heavy (non-hydrogen) atoms. The molecule has 0 saturated carbocycles. The number of hydrogen-bond acceptors (Lipinski definition) is 10. The van der Waals surface area contributed by atoms with E-state index in [0.29, 0.717) is 30.7 Å². The number of nitrogens with one attached hydrogen (secondary N) is 3. The number of alkyl halides is 3. The van der Waals surface area contributed by atoms with E-state index in [-0.39, 0.29) is 60.8 Å². The number of ether oxygens (including phenoxy) is 2. The maximum Gasteiger partial charge on any atom is 0.421 e. The van der Waals surface area contributed by atoms with Gasteiger partial charge < -0.3 is 25.0 Å². The van der Waals surface area contributed by atoms with Gasteiger partial charge in [-0.1, -0.05) is 133 Å². The third-order valence-corrected chi connectivity index (χ3v) is 14.5. The van der Waals surface area contributed by atoms with Crippen LogP contribution in [-0.4, -0.2) is 66.4 Å². The molecule has 16 heteroatoms. The highest BCUT2D eigenvalue weighted by molar-refractivity contribution is 5.99. The van der Waals surface area contributed by atoms with Crippen molar-refractivity contribution in [2.75, 3.05) is 48.9 Å². The maximum atomic E-state index is 14.6. The number of benzene rings is 7. The molecule has 388 valence electrons. The minimum atomic E-state index is -4.83. The van der Waals surface area contributed by atoms with Gasteiger partial charge in [0.05, 0.1) is 24.9 Å². The summed E-state index contributed by atoms with van der Waals surface area (Å²) in [5.74, 6) is -1.67. The minimum absolute atomic E-state index is 0.0248. The van der Waals surface area contributed by atoms with Crippen LogP contribution in [0.5, 0.6) is 0 Å². The maximum absolute atomic E-state index is 14.6. The molecule has 1 fully saturated rings. The number of nitrogens with zero attached hydrogens (tertiary/aromatic N) is 4. The van der Waals surface area contributed by atoms with E-state index in [0.717, 1.165) is 68.5 Å². The quantitative estimate of drug-likeness (QED) is 0.0899. The number of hydroxylamine groups is 1. The fourth-order valence-corrected chi connectivity index (χ4v) is 10.8. The van der Waals surface area contributed by atoms with E-state index in [1.165, 1.54) is 19.2 Å². The van der Waals surface area contributed by atoms with Crippen molar-refractivity contribution in [3.8, 4) is 22.3 Å². The second-order valence-corrected chi connectivity index (χ2v) is 19.2. The number of aromatic nitrogens is 2. The number of piperidine rings is 1. The lowest BCUT2D eigenvalue weighted by Gasteiger charge is -2.33.